The summed E-state index contributed by atoms with van der Waals surface area (Å²) in [6.07, 6.45) is 0.796. The number of nitrogens with zero attached hydrogens (tertiary/aromatic N) is 1. The van der Waals surface area contributed by atoms with Gasteiger partial charge in [-0.1, -0.05) is 31.4 Å². The smallest absolute Gasteiger partial charge is 0.0637 e. The van der Waals surface area contributed by atoms with E-state index in [-0.39, 0.29) is 0 Å². The van der Waals surface area contributed by atoms with Gasteiger partial charge in [0, 0.05) is 32.8 Å². The number of allylic oxidation sites excluding steroid dienone is 1. The molecule has 0 N–H and O–H groups in total. The Morgan fingerprint density at radius 1 is 1.26 bits per heavy atom. The molecule has 0 radical (unpaired) electrons. The topological polar surface area (TPSA) is 12.5 Å². The predicted octanol–water partition coefficient (Wildman–Crippen LogP) is 3.80. The van der Waals surface area contributed by atoms with Crippen LogP contribution in [0.3, 0.4) is 0 Å². The quantitative estimate of drug-likeness (QED) is 0.738. The predicted molar refractivity (Wildman–Crippen MR) is 83.2 cm³/mol. The summed E-state index contributed by atoms with van der Waals surface area (Å²) in [4.78, 5) is 2.12. The van der Waals surface area contributed by atoms with Gasteiger partial charge in [-0.25, -0.2) is 0 Å². The highest BCUT2D eigenvalue weighted by molar-refractivity contribution is 5.68. The standard InChI is InChI=1S/C17H25NO/c1-13-8-7-9-17(16(13)4)14(2)12-15(3)18(5)10-11-19-6/h7-9H,2-3,10-12H2,1,4-6H3. The molecule has 0 aliphatic rings. The first-order chi connectivity index (χ1) is 8.97. The van der Waals surface area contributed by atoms with Crippen LogP contribution in [0.5, 0.6) is 0 Å². The van der Waals surface area contributed by atoms with Crippen molar-refractivity contribution in [1.29, 1.82) is 0 Å². The minimum Gasteiger partial charge on any atom is -0.383 e. The van der Waals surface area contributed by atoms with Crippen LogP contribution in [0.15, 0.2) is 37.1 Å². The van der Waals surface area contributed by atoms with E-state index < -0.39 is 0 Å². The molecule has 0 saturated heterocycles. The van der Waals surface area contributed by atoms with Gasteiger partial charge in [0.25, 0.3) is 0 Å². The molecule has 0 unspecified atom stereocenters. The van der Waals surface area contributed by atoms with E-state index in [0.29, 0.717) is 6.61 Å². The zero-order chi connectivity index (χ0) is 14.4. The molecule has 0 aromatic heterocycles. The lowest BCUT2D eigenvalue weighted by molar-refractivity contribution is 0.173. The third-order valence-corrected chi connectivity index (χ3v) is 3.57. The van der Waals surface area contributed by atoms with Crippen molar-refractivity contribution in [2.75, 3.05) is 27.3 Å². The van der Waals surface area contributed by atoms with Crippen LogP contribution in [0.4, 0.5) is 0 Å². The van der Waals surface area contributed by atoms with E-state index in [1.165, 1.54) is 16.7 Å². The number of ether oxygens (including phenoxy) is 1. The Morgan fingerprint density at radius 3 is 2.58 bits per heavy atom. The van der Waals surface area contributed by atoms with E-state index in [9.17, 15) is 0 Å². The summed E-state index contributed by atoms with van der Waals surface area (Å²) >= 11 is 0. The van der Waals surface area contributed by atoms with Gasteiger partial charge in [-0.2, -0.15) is 0 Å². The molecule has 19 heavy (non-hydrogen) atoms. The van der Waals surface area contributed by atoms with E-state index in [0.717, 1.165) is 24.2 Å². The molecule has 0 fully saturated rings. The second-order valence-electron chi connectivity index (χ2n) is 5.01. The van der Waals surface area contributed by atoms with Gasteiger partial charge >= 0.3 is 0 Å². The number of likely N-dealkylation sites (N-methyl/N-ethyl adjacent to an activating group) is 1. The highest BCUT2D eigenvalue weighted by Crippen LogP contribution is 2.25. The lowest BCUT2D eigenvalue weighted by Gasteiger charge is -2.22. The molecular weight excluding hydrogens is 234 g/mol. The molecule has 0 amide bonds. The molecule has 104 valence electrons. The fourth-order valence-corrected chi connectivity index (χ4v) is 2.00. The second kappa shape index (κ2) is 7.15. The molecule has 0 spiro atoms. The zero-order valence-corrected chi connectivity index (χ0v) is 12.6. The molecule has 0 bridgehead atoms. The minimum absolute atomic E-state index is 0.714. The molecule has 1 rings (SSSR count). The van der Waals surface area contributed by atoms with Gasteiger partial charge < -0.3 is 9.64 Å². The second-order valence-corrected chi connectivity index (χ2v) is 5.01. The summed E-state index contributed by atoms with van der Waals surface area (Å²) in [5, 5.41) is 0. The Morgan fingerprint density at radius 2 is 1.95 bits per heavy atom. The number of benzene rings is 1. The van der Waals surface area contributed by atoms with Crippen molar-refractivity contribution in [3.05, 3.63) is 53.7 Å². The van der Waals surface area contributed by atoms with Gasteiger partial charge in [0.1, 0.15) is 0 Å². The summed E-state index contributed by atoms with van der Waals surface area (Å²) in [6, 6.07) is 6.35. The van der Waals surface area contributed by atoms with Crippen LogP contribution < -0.4 is 0 Å². The van der Waals surface area contributed by atoms with Crippen LogP contribution in [0.2, 0.25) is 0 Å². The average molecular weight is 259 g/mol. The molecule has 2 nitrogen and oxygen atoms in total. The third-order valence-electron chi connectivity index (χ3n) is 3.57. The van der Waals surface area contributed by atoms with E-state index in [1.54, 1.807) is 7.11 Å². The normalized spacial score (nSPS) is 10.3. The number of hydrogen-bond donors (Lipinski definition) is 0. The maximum atomic E-state index is 5.08. The number of hydrogen-bond acceptors (Lipinski definition) is 2. The SMILES string of the molecule is C=C(CC(=C)N(C)CCOC)c1cccc(C)c1C. The van der Waals surface area contributed by atoms with Gasteiger partial charge in [0.2, 0.25) is 0 Å². The average Bonchev–Trinajstić information content (AvgIpc) is 2.38. The third kappa shape index (κ3) is 4.25. The van der Waals surface area contributed by atoms with Crippen molar-refractivity contribution in [2.45, 2.75) is 20.3 Å². The van der Waals surface area contributed by atoms with Gasteiger partial charge in [0.05, 0.1) is 6.61 Å². The molecule has 2 heteroatoms. The maximum absolute atomic E-state index is 5.08. The minimum atomic E-state index is 0.714. The van der Waals surface area contributed by atoms with Crippen LogP contribution in [0.25, 0.3) is 5.57 Å². The molecular formula is C17H25NO. The lowest BCUT2D eigenvalue weighted by atomic mass is 9.95. The number of aryl methyl sites for hydroxylation is 1. The molecule has 0 saturated carbocycles. The Labute approximate surface area is 117 Å². The first-order valence-electron chi connectivity index (χ1n) is 6.59. The fourth-order valence-electron chi connectivity index (χ4n) is 2.00. The lowest BCUT2D eigenvalue weighted by Crippen LogP contribution is -2.21. The van der Waals surface area contributed by atoms with Crippen LogP contribution in [-0.2, 0) is 4.74 Å². The Hall–Kier alpha value is -1.54. The van der Waals surface area contributed by atoms with Crippen LogP contribution >= 0.6 is 0 Å². The first kappa shape index (κ1) is 15.5. The van der Waals surface area contributed by atoms with Crippen molar-refractivity contribution in [2.24, 2.45) is 0 Å². The van der Waals surface area contributed by atoms with Crippen molar-refractivity contribution in [3.8, 4) is 0 Å². The van der Waals surface area contributed by atoms with Gasteiger partial charge in [-0.05, 0) is 36.1 Å². The Balaban J connectivity index is 2.69. The van der Waals surface area contributed by atoms with Gasteiger partial charge in [0.15, 0.2) is 0 Å². The zero-order valence-electron chi connectivity index (χ0n) is 12.6. The monoisotopic (exact) mass is 259 g/mol. The summed E-state index contributed by atoms with van der Waals surface area (Å²) < 4.78 is 5.08. The number of methoxy groups -OCH3 is 1. The molecule has 0 aliphatic heterocycles. The van der Waals surface area contributed by atoms with Crippen molar-refractivity contribution < 1.29 is 4.74 Å². The number of rotatable bonds is 7. The highest BCUT2D eigenvalue weighted by atomic mass is 16.5. The molecule has 1 aromatic carbocycles. The van der Waals surface area contributed by atoms with Crippen LogP contribution in [-0.4, -0.2) is 32.2 Å². The van der Waals surface area contributed by atoms with Crippen LogP contribution in [0.1, 0.15) is 23.1 Å². The van der Waals surface area contributed by atoms with Gasteiger partial charge in [-0.15, -0.1) is 0 Å². The highest BCUT2D eigenvalue weighted by Gasteiger charge is 2.08. The summed E-state index contributed by atoms with van der Waals surface area (Å²) in [5.41, 5.74) is 6.04. The van der Waals surface area contributed by atoms with E-state index >= 15 is 0 Å². The van der Waals surface area contributed by atoms with Crippen molar-refractivity contribution in [1.82, 2.24) is 4.90 Å². The van der Waals surface area contributed by atoms with E-state index in [1.807, 2.05) is 7.05 Å². The largest absolute Gasteiger partial charge is 0.383 e. The van der Waals surface area contributed by atoms with E-state index in [4.69, 9.17) is 4.74 Å². The first-order valence-corrected chi connectivity index (χ1v) is 6.59. The summed E-state index contributed by atoms with van der Waals surface area (Å²) in [6.45, 7) is 14.2. The Bertz CT molecular complexity index is 462. The molecule has 1 aromatic rings. The van der Waals surface area contributed by atoms with Crippen LogP contribution in [0, 0.1) is 13.8 Å². The van der Waals surface area contributed by atoms with E-state index in [2.05, 4.69) is 50.1 Å². The fraction of sp³-hybridized carbons (Fsp3) is 0.412. The molecule has 0 aliphatic carbocycles. The van der Waals surface area contributed by atoms with Crippen molar-refractivity contribution in [3.63, 3.8) is 0 Å². The summed E-state index contributed by atoms with van der Waals surface area (Å²) in [7, 11) is 3.75. The maximum Gasteiger partial charge on any atom is 0.0637 e. The molecule has 0 atom stereocenters. The Kier molecular flexibility index (Phi) is 5.84. The summed E-state index contributed by atoms with van der Waals surface area (Å²) in [5.74, 6) is 0. The van der Waals surface area contributed by atoms with Crippen molar-refractivity contribution >= 4 is 5.57 Å². The van der Waals surface area contributed by atoms with Gasteiger partial charge in [-0.3, -0.25) is 0 Å². The molecule has 0 heterocycles.